The van der Waals surface area contributed by atoms with E-state index < -0.39 is 5.91 Å². The van der Waals surface area contributed by atoms with Gasteiger partial charge in [-0.05, 0) is 24.3 Å². The predicted octanol–water partition coefficient (Wildman–Crippen LogP) is 1.49. The lowest BCUT2D eigenvalue weighted by atomic mass is 10.2. The average molecular weight is 358 g/mol. The number of aromatic nitrogens is 4. The lowest BCUT2D eigenvalue weighted by molar-refractivity contribution is -0.121. The molecule has 0 aliphatic carbocycles. The molecule has 0 saturated carbocycles. The smallest absolute Gasteiger partial charge is 0.261 e. The van der Waals surface area contributed by atoms with Crippen LogP contribution in [0.2, 0.25) is 0 Å². The third-order valence-electron chi connectivity index (χ3n) is 3.90. The summed E-state index contributed by atoms with van der Waals surface area (Å²) in [5.74, 6) is -0.445. The Labute approximate surface area is 153 Å². The Morgan fingerprint density at radius 1 is 1.04 bits per heavy atom. The number of hydrogen-bond donors (Lipinski definition) is 1. The molecule has 2 aromatic carbocycles. The average Bonchev–Trinajstić information content (AvgIpc) is 2.70. The number of hydrazone groups is 1. The monoisotopic (exact) mass is 358 g/mol. The van der Waals surface area contributed by atoms with E-state index in [1.807, 2.05) is 24.3 Å². The third-order valence-corrected chi connectivity index (χ3v) is 3.90. The summed E-state index contributed by atoms with van der Waals surface area (Å²) in [5, 5.41) is 4.33. The molecule has 1 N–H and O–H groups in total. The van der Waals surface area contributed by atoms with Crippen molar-refractivity contribution < 1.29 is 4.79 Å². The van der Waals surface area contributed by atoms with Crippen molar-refractivity contribution in [3.8, 4) is 0 Å². The van der Waals surface area contributed by atoms with Crippen LogP contribution in [0.3, 0.4) is 0 Å². The summed E-state index contributed by atoms with van der Waals surface area (Å²) in [7, 11) is 0. The van der Waals surface area contributed by atoms with E-state index in [2.05, 4.69) is 25.5 Å². The highest BCUT2D eigenvalue weighted by Gasteiger charge is 2.07. The number of rotatable bonds is 4. The maximum atomic E-state index is 12.4. The van der Waals surface area contributed by atoms with Crippen molar-refractivity contribution in [3.63, 3.8) is 0 Å². The van der Waals surface area contributed by atoms with Crippen LogP contribution in [-0.4, -0.2) is 31.6 Å². The van der Waals surface area contributed by atoms with Gasteiger partial charge in [-0.2, -0.15) is 5.10 Å². The van der Waals surface area contributed by atoms with E-state index >= 15 is 0 Å². The Hall–Kier alpha value is -3.94. The van der Waals surface area contributed by atoms with Gasteiger partial charge in [-0.3, -0.25) is 19.1 Å². The van der Waals surface area contributed by atoms with Gasteiger partial charge in [-0.15, -0.1) is 0 Å². The van der Waals surface area contributed by atoms with Crippen molar-refractivity contribution in [3.05, 3.63) is 77.1 Å². The van der Waals surface area contributed by atoms with Gasteiger partial charge in [-0.1, -0.05) is 24.3 Å². The molecule has 0 atom stereocenters. The zero-order valence-corrected chi connectivity index (χ0v) is 14.1. The molecule has 0 saturated heterocycles. The van der Waals surface area contributed by atoms with Crippen molar-refractivity contribution in [1.29, 1.82) is 0 Å². The minimum Gasteiger partial charge on any atom is -0.289 e. The lowest BCUT2D eigenvalue weighted by Crippen LogP contribution is -2.30. The zero-order valence-electron chi connectivity index (χ0n) is 14.1. The maximum Gasteiger partial charge on any atom is 0.261 e. The number of nitrogens with zero attached hydrogens (tertiary/aromatic N) is 5. The highest BCUT2D eigenvalue weighted by atomic mass is 16.2. The molecule has 27 heavy (non-hydrogen) atoms. The van der Waals surface area contributed by atoms with E-state index in [1.165, 1.54) is 17.1 Å². The van der Waals surface area contributed by atoms with Crippen LogP contribution in [-0.2, 0) is 11.3 Å². The molecule has 4 rings (SSSR count). The van der Waals surface area contributed by atoms with Crippen molar-refractivity contribution in [2.45, 2.75) is 6.54 Å². The van der Waals surface area contributed by atoms with Gasteiger partial charge in [0.15, 0.2) is 0 Å². The van der Waals surface area contributed by atoms with Crippen LogP contribution in [0.15, 0.2) is 71.0 Å². The van der Waals surface area contributed by atoms with Crippen LogP contribution in [0.25, 0.3) is 21.9 Å². The van der Waals surface area contributed by atoms with E-state index in [4.69, 9.17) is 0 Å². The van der Waals surface area contributed by atoms with Crippen LogP contribution in [0.1, 0.15) is 5.69 Å². The fourth-order valence-electron chi connectivity index (χ4n) is 2.61. The summed E-state index contributed by atoms with van der Waals surface area (Å²) in [5.41, 5.74) is 4.72. The van der Waals surface area contributed by atoms with Gasteiger partial charge in [0, 0.05) is 0 Å². The highest BCUT2D eigenvalue weighted by Crippen LogP contribution is 2.07. The number of para-hydroxylation sites is 3. The SMILES string of the molecule is O=C(Cn1cnc2ccccc2c1=O)NN=Cc1cnc2ccccc2n1. The first-order valence-corrected chi connectivity index (χ1v) is 8.18. The Balaban J connectivity index is 1.45. The molecule has 0 fully saturated rings. The van der Waals surface area contributed by atoms with E-state index in [0.29, 0.717) is 16.6 Å². The van der Waals surface area contributed by atoms with Crippen LogP contribution < -0.4 is 11.0 Å². The minimum absolute atomic E-state index is 0.183. The minimum atomic E-state index is -0.445. The molecule has 1 amide bonds. The first kappa shape index (κ1) is 16.5. The summed E-state index contributed by atoms with van der Waals surface area (Å²) in [6.07, 6.45) is 4.32. The van der Waals surface area contributed by atoms with E-state index in [-0.39, 0.29) is 12.1 Å². The standard InChI is InChI=1S/C19H14N6O2/c26-18(11-25-12-21-15-6-2-1-5-14(15)19(25)27)24-22-10-13-9-20-16-7-3-4-8-17(16)23-13/h1-10,12H,11H2,(H,24,26). The molecule has 0 aliphatic heterocycles. The Kier molecular flexibility index (Phi) is 4.36. The van der Waals surface area contributed by atoms with Crippen molar-refractivity contribution >= 4 is 34.1 Å². The van der Waals surface area contributed by atoms with Gasteiger partial charge < -0.3 is 0 Å². The molecule has 8 heteroatoms. The van der Waals surface area contributed by atoms with Crippen LogP contribution in [0.5, 0.6) is 0 Å². The number of benzene rings is 2. The van der Waals surface area contributed by atoms with Gasteiger partial charge in [0.25, 0.3) is 11.5 Å². The number of amides is 1. The van der Waals surface area contributed by atoms with Crippen LogP contribution >= 0.6 is 0 Å². The van der Waals surface area contributed by atoms with Crippen LogP contribution in [0, 0.1) is 0 Å². The molecule has 8 nitrogen and oxygen atoms in total. The second-order valence-electron chi connectivity index (χ2n) is 5.77. The molecule has 0 spiro atoms. The summed E-state index contributed by atoms with van der Waals surface area (Å²) in [4.78, 5) is 37.2. The summed E-state index contributed by atoms with van der Waals surface area (Å²) in [6, 6.07) is 14.4. The quantitative estimate of drug-likeness (QED) is 0.440. The molecular formula is C19H14N6O2. The topological polar surface area (TPSA) is 102 Å². The number of carbonyl (C=O) groups excluding carboxylic acids is 1. The van der Waals surface area contributed by atoms with Crippen molar-refractivity contribution in [2.75, 3.05) is 0 Å². The fraction of sp³-hybridized carbons (Fsp3) is 0.0526. The molecule has 0 bridgehead atoms. The second-order valence-corrected chi connectivity index (χ2v) is 5.77. The number of fused-ring (bicyclic) bond motifs is 2. The second kappa shape index (κ2) is 7.12. The highest BCUT2D eigenvalue weighted by molar-refractivity contribution is 5.84. The van der Waals surface area contributed by atoms with E-state index in [0.717, 1.165) is 11.0 Å². The van der Waals surface area contributed by atoms with E-state index in [1.54, 1.807) is 30.5 Å². The lowest BCUT2D eigenvalue weighted by Gasteiger charge is -2.05. The maximum absolute atomic E-state index is 12.4. The molecule has 0 radical (unpaired) electrons. The van der Waals surface area contributed by atoms with Gasteiger partial charge in [0.2, 0.25) is 0 Å². The third kappa shape index (κ3) is 3.54. The van der Waals surface area contributed by atoms with E-state index in [9.17, 15) is 9.59 Å². The normalized spacial score (nSPS) is 11.3. The molecule has 132 valence electrons. The summed E-state index contributed by atoms with van der Waals surface area (Å²) < 4.78 is 1.24. The summed E-state index contributed by atoms with van der Waals surface area (Å²) >= 11 is 0. The molecule has 0 aliphatic rings. The molecule has 0 unspecified atom stereocenters. The largest absolute Gasteiger partial charge is 0.289 e. The van der Waals surface area contributed by atoms with Gasteiger partial charge in [0.1, 0.15) is 12.2 Å². The molecule has 4 aromatic rings. The van der Waals surface area contributed by atoms with Gasteiger partial charge >= 0.3 is 0 Å². The number of nitrogens with one attached hydrogen (secondary N) is 1. The zero-order chi connectivity index (χ0) is 18.6. The first-order valence-electron chi connectivity index (χ1n) is 8.18. The number of hydrogen-bond acceptors (Lipinski definition) is 6. The summed E-state index contributed by atoms with van der Waals surface area (Å²) in [6.45, 7) is -0.183. The van der Waals surface area contributed by atoms with Gasteiger partial charge in [-0.25, -0.2) is 15.4 Å². The van der Waals surface area contributed by atoms with Gasteiger partial charge in [0.05, 0.1) is 40.7 Å². The first-order chi connectivity index (χ1) is 13.2. The number of carbonyl (C=O) groups is 1. The fourth-order valence-corrected chi connectivity index (χ4v) is 2.61. The molecule has 2 heterocycles. The Morgan fingerprint density at radius 2 is 1.78 bits per heavy atom. The van der Waals surface area contributed by atoms with Crippen LogP contribution in [0.4, 0.5) is 0 Å². The molecular weight excluding hydrogens is 344 g/mol. The molecule has 2 aromatic heterocycles. The van der Waals surface area contributed by atoms with Crippen molar-refractivity contribution in [2.24, 2.45) is 5.10 Å². The Morgan fingerprint density at radius 3 is 2.63 bits per heavy atom. The van der Waals surface area contributed by atoms with Crippen molar-refractivity contribution in [1.82, 2.24) is 24.9 Å². The predicted molar refractivity (Wildman–Crippen MR) is 101 cm³/mol. The Bertz CT molecular complexity index is 1230.